The van der Waals surface area contributed by atoms with Crippen LogP contribution in [-0.2, 0) is 13.5 Å². The molecular formula is C12H16N4. The zero-order valence-electron chi connectivity index (χ0n) is 9.64. The number of aromatic nitrogens is 3. The van der Waals surface area contributed by atoms with Crippen LogP contribution in [0.5, 0.6) is 0 Å². The third kappa shape index (κ3) is 1.84. The first kappa shape index (κ1) is 10.8. The van der Waals surface area contributed by atoms with E-state index in [4.69, 9.17) is 5.73 Å². The Kier molecular flexibility index (Phi) is 3.01. The molecule has 2 aromatic heterocycles. The maximum absolute atomic E-state index is 5.56. The van der Waals surface area contributed by atoms with Gasteiger partial charge in [0.2, 0.25) is 0 Å². The molecule has 2 aromatic rings. The summed E-state index contributed by atoms with van der Waals surface area (Å²) in [5.41, 5.74) is 8.68. The number of nitrogens with zero attached hydrogens (tertiary/aromatic N) is 3. The van der Waals surface area contributed by atoms with Crippen molar-refractivity contribution in [1.82, 2.24) is 14.5 Å². The fourth-order valence-electron chi connectivity index (χ4n) is 1.73. The second-order valence-electron chi connectivity index (χ2n) is 3.78. The van der Waals surface area contributed by atoms with Gasteiger partial charge >= 0.3 is 0 Å². The summed E-state index contributed by atoms with van der Waals surface area (Å²) < 4.78 is 2.06. The fraction of sp³-hybridized carbons (Fsp3) is 0.333. The van der Waals surface area contributed by atoms with Crippen LogP contribution in [0.4, 0.5) is 0 Å². The highest BCUT2D eigenvalue weighted by molar-refractivity contribution is 5.51. The molecule has 4 heteroatoms. The summed E-state index contributed by atoms with van der Waals surface area (Å²) in [4.78, 5) is 8.90. The summed E-state index contributed by atoms with van der Waals surface area (Å²) in [6.07, 6.45) is 2.59. The van der Waals surface area contributed by atoms with Gasteiger partial charge in [0.1, 0.15) is 5.69 Å². The Hall–Kier alpha value is -1.68. The fourth-order valence-corrected chi connectivity index (χ4v) is 1.73. The Labute approximate surface area is 95.1 Å². The molecule has 0 bridgehead atoms. The molecule has 0 fully saturated rings. The normalized spacial score (nSPS) is 10.7. The van der Waals surface area contributed by atoms with Crippen molar-refractivity contribution in [2.45, 2.75) is 13.3 Å². The second kappa shape index (κ2) is 4.45. The molecule has 0 aliphatic heterocycles. The maximum Gasteiger partial charge on any atom is 0.158 e. The summed E-state index contributed by atoms with van der Waals surface area (Å²) in [5, 5.41) is 0. The Morgan fingerprint density at radius 2 is 2.19 bits per heavy atom. The number of rotatable bonds is 3. The van der Waals surface area contributed by atoms with Gasteiger partial charge in [0.25, 0.3) is 0 Å². The number of imidazole rings is 1. The van der Waals surface area contributed by atoms with Crippen molar-refractivity contribution in [3.05, 3.63) is 35.8 Å². The Morgan fingerprint density at radius 1 is 1.38 bits per heavy atom. The summed E-state index contributed by atoms with van der Waals surface area (Å²) >= 11 is 0. The number of pyridine rings is 1. The van der Waals surface area contributed by atoms with E-state index in [1.54, 1.807) is 6.20 Å². The summed E-state index contributed by atoms with van der Waals surface area (Å²) in [7, 11) is 2.01. The molecule has 84 valence electrons. The average molecular weight is 216 g/mol. The molecule has 16 heavy (non-hydrogen) atoms. The smallest absolute Gasteiger partial charge is 0.158 e. The lowest BCUT2D eigenvalue weighted by atomic mass is 10.2. The molecule has 4 nitrogen and oxygen atoms in total. The quantitative estimate of drug-likeness (QED) is 0.841. The van der Waals surface area contributed by atoms with Gasteiger partial charge in [0.15, 0.2) is 5.82 Å². The number of hydrogen-bond acceptors (Lipinski definition) is 3. The first-order chi connectivity index (χ1) is 7.74. The lowest BCUT2D eigenvalue weighted by molar-refractivity contribution is 0.863. The minimum Gasteiger partial charge on any atom is -0.330 e. The molecule has 0 amide bonds. The van der Waals surface area contributed by atoms with Crippen molar-refractivity contribution in [3.8, 4) is 11.5 Å². The topological polar surface area (TPSA) is 56.7 Å². The number of hydrogen-bond donors (Lipinski definition) is 1. The van der Waals surface area contributed by atoms with E-state index in [0.29, 0.717) is 6.54 Å². The monoisotopic (exact) mass is 216 g/mol. The van der Waals surface area contributed by atoms with Gasteiger partial charge in [-0.05, 0) is 25.6 Å². The van der Waals surface area contributed by atoms with Crippen molar-refractivity contribution >= 4 is 0 Å². The largest absolute Gasteiger partial charge is 0.330 e. The van der Waals surface area contributed by atoms with E-state index in [1.807, 2.05) is 25.2 Å². The first-order valence-corrected chi connectivity index (χ1v) is 5.37. The summed E-state index contributed by atoms with van der Waals surface area (Å²) in [6, 6.07) is 5.84. The van der Waals surface area contributed by atoms with E-state index in [1.165, 1.54) is 0 Å². The Morgan fingerprint density at radius 3 is 2.81 bits per heavy atom. The van der Waals surface area contributed by atoms with Crippen LogP contribution in [0.1, 0.15) is 11.4 Å². The maximum atomic E-state index is 5.56. The SMILES string of the molecule is Cc1c(CCN)nc(-c2ccccn2)n1C. The molecule has 0 atom stereocenters. The molecule has 0 saturated carbocycles. The van der Waals surface area contributed by atoms with Crippen molar-refractivity contribution in [3.63, 3.8) is 0 Å². The van der Waals surface area contributed by atoms with Crippen LogP contribution in [0.15, 0.2) is 24.4 Å². The van der Waals surface area contributed by atoms with Crippen LogP contribution in [0, 0.1) is 6.92 Å². The lowest BCUT2D eigenvalue weighted by Crippen LogP contribution is -2.04. The van der Waals surface area contributed by atoms with E-state index in [9.17, 15) is 0 Å². The van der Waals surface area contributed by atoms with Crippen LogP contribution in [0.2, 0.25) is 0 Å². The average Bonchev–Trinajstić information content (AvgIpc) is 2.59. The molecule has 0 radical (unpaired) electrons. The molecule has 0 unspecified atom stereocenters. The van der Waals surface area contributed by atoms with E-state index in [0.717, 1.165) is 29.3 Å². The molecule has 2 rings (SSSR count). The zero-order chi connectivity index (χ0) is 11.5. The molecule has 0 aliphatic rings. The summed E-state index contributed by atoms with van der Waals surface area (Å²) in [6.45, 7) is 2.68. The van der Waals surface area contributed by atoms with Gasteiger partial charge in [0.05, 0.1) is 5.69 Å². The first-order valence-electron chi connectivity index (χ1n) is 5.37. The highest BCUT2D eigenvalue weighted by Crippen LogP contribution is 2.18. The van der Waals surface area contributed by atoms with Crippen molar-refractivity contribution in [2.24, 2.45) is 12.8 Å². The minimum absolute atomic E-state index is 0.625. The van der Waals surface area contributed by atoms with Crippen molar-refractivity contribution in [2.75, 3.05) is 6.54 Å². The standard InChI is InChI=1S/C12H16N4/c1-9-10(6-7-13)15-12(16(9)2)11-5-3-4-8-14-11/h3-5,8H,6-7,13H2,1-2H3. The molecule has 0 saturated heterocycles. The van der Waals surface area contributed by atoms with Gasteiger partial charge in [-0.2, -0.15) is 0 Å². The second-order valence-corrected chi connectivity index (χ2v) is 3.78. The van der Waals surface area contributed by atoms with Crippen LogP contribution < -0.4 is 5.73 Å². The lowest BCUT2D eigenvalue weighted by Gasteiger charge is -2.01. The van der Waals surface area contributed by atoms with E-state index in [2.05, 4.69) is 21.5 Å². The van der Waals surface area contributed by atoms with Gasteiger partial charge in [-0.25, -0.2) is 4.98 Å². The molecule has 0 aromatic carbocycles. The van der Waals surface area contributed by atoms with Crippen molar-refractivity contribution < 1.29 is 0 Å². The number of nitrogens with two attached hydrogens (primary N) is 1. The third-order valence-electron chi connectivity index (χ3n) is 2.75. The van der Waals surface area contributed by atoms with Crippen molar-refractivity contribution in [1.29, 1.82) is 0 Å². The summed E-state index contributed by atoms with van der Waals surface area (Å²) in [5.74, 6) is 0.904. The Balaban J connectivity index is 2.46. The van der Waals surface area contributed by atoms with Gasteiger partial charge in [-0.3, -0.25) is 4.98 Å². The molecular weight excluding hydrogens is 200 g/mol. The highest BCUT2D eigenvalue weighted by atomic mass is 15.1. The Bertz CT molecular complexity index is 473. The zero-order valence-corrected chi connectivity index (χ0v) is 9.64. The van der Waals surface area contributed by atoms with Gasteiger partial charge < -0.3 is 10.3 Å². The van der Waals surface area contributed by atoms with Crippen LogP contribution in [0.25, 0.3) is 11.5 Å². The van der Waals surface area contributed by atoms with Gasteiger partial charge in [0, 0.05) is 25.4 Å². The minimum atomic E-state index is 0.625. The van der Waals surface area contributed by atoms with Gasteiger partial charge in [-0.15, -0.1) is 0 Å². The predicted octanol–water partition coefficient (Wildman–Crippen LogP) is 1.29. The predicted molar refractivity (Wildman–Crippen MR) is 63.9 cm³/mol. The third-order valence-corrected chi connectivity index (χ3v) is 2.75. The van der Waals surface area contributed by atoms with E-state index >= 15 is 0 Å². The highest BCUT2D eigenvalue weighted by Gasteiger charge is 2.12. The van der Waals surface area contributed by atoms with Crippen LogP contribution >= 0.6 is 0 Å². The van der Waals surface area contributed by atoms with Gasteiger partial charge in [-0.1, -0.05) is 6.07 Å². The van der Waals surface area contributed by atoms with E-state index in [-0.39, 0.29) is 0 Å². The molecule has 2 heterocycles. The molecule has 0 spiro atoms. The molecule has 0 aliphatic carbocycles. The van der Waals surface area contributed by atoms with Crippen LogP contribution in [0.3, 0.4) is 0 Å². The van der Waals surface area contributed by atoms with E-state index < -0.39 is 0 Å². The van der Waals surface area contributed by atoms with Crippen LogP contribution in [-0.4, -0.2) is 21.1 Å². The molecule has 2 N–H and O–H groups in total.